The maximum atomic E-state index is 4.00. The number of nitrogens with one attached hydrogen (secondary N) is 2. The Kier molecular flexibility index (Phi) is 9.23. The van der Waals surface area contributed by atoms with Crippen LogP contribution in [-0.2, 0) is 0 Å². The third-order valence-electron chi connectivity index (χ3n) is 3.02. The monoisotopic (exact) mass is 277 g/mol. The first kappa shape index (κ1) is 16.5. The molecule has 0 bridgehead atoms. The number of piperidine rings is 1. The van der Waals surface area contributed by atoms with Crippen molar-refractivity contribution >= 4 is 30.5 Å². The quantitative estimate of drug-likeness (QED) is 0.889. The van der Waals surface area contributed by atoms with Crippen molar-refractivity contribution in [3.05, 3.63) is 24.5 Å². The van der Waals surface area contributed by atoms with Gasteiger partial charge in [-0.25, -0.2) is 0 Å². The standard InChI is InChI=1S/C12H19N3.2ClH/c1-6-13-7-2-11(1)3-10-15-12-4-8-14-9-5-12;;/h4-5,8-9,11,13H,1-3,6-7,10H2,(H,14,15);2*1H. The van der Waals surface area contributed by atoms with Gasteiger partial charge in [-0.15, -0.1) is 24.8 Å². The van der Waals surface area contributed by atoms with E-state index in [0.717, 1.165) is 12.5 Å². The van der Waals surface area contributed by atoms with Crippen LogP contribution < -0.4 is 10.6 Å². The van der Waals surface area contributed by atoms with E-state index in [9.17, 15) is 0 Å². The van der Waals surface area contributed by atoms with Crippen LogP contribution in [0.3, 0.4) is 0 Å². The Balaban J connectivity index is 0.00000128. The van der Waals surface area contributed by atoms with Crippen LogP contribution in [0.2, 0.25) is 0 Å². The molecule has 0 radical (unpaired) electrons. The zero-order chi connectivity index (χ0) is 10.3. The molecular weight excluding hydrogens is 257 g/mol. The fourth-order valence-electron chi connectivity index (χ4n) is 2.06. The van der Waals surface area contributed by atoms with Crippen molar-refractivity contribution in [2.24, 2.45) is 5.92 Å². The van der Waals surface area contributed by atoms with Gasteiger partial charge in [0, 0.05) is 24.6 Å². The van der Waals surface area contributed by atoms with E-state index in [1.54, 1.807) is 0 Å². The highest BCUT2D eigenvalue weighted by Gasteiger charge is 2.11. The second-order valence-corrected chi connectivity index (χ2v) is 4.14. The molecule has 0 atom stereocenters. The molecule has 0 amide bonds. The molecule has 2 rings (SSSR count). The third-order valence-corrected chi connectivity index (χ3v) is 3.02. The minimum absolute atomic E-state index is 0. The van der Waals surface area contributed by atoms with E-state index >= 15 is 0 Å². The summed E-state index contributed by atoms with van der Waals surface area (Å²) in [7, 11) is 0. The van der Waals surface area contributed by atoms with Crippen LogP contribution in [0, 0.1) is 5.92 Å². The highest BCUT2D eigenvalue weighted by atomic mass is 35.5. The summed E-state index contributed by atoms with van der Waals surface area (Å²) < 4.78 is 0. The van der Waals surface area contributed by atoms with Crippen molar-refractivity contribution in [3.8, 4) is 0 Å². The van der Waals surface area contributed by atoms with Crippen LogP contribution in [0.1, 0.15) is 19.3 Å². The molecule has 3 nitrogen and oxygen atoms in total. The molecule has 0 aliphatic carbocycles. The SMILES string of the molecule is Cl.Cl.c1cc(NCCC2CCNCC2)ccn1. The summed E-state index contributed by atoms with van der Waals surface area (Å²) in [6.45, 7) is 3.47. The first-order chi connectivity index (χ1) is 7.45. The highest BCUT2D eigenvalue weighted by molar-refractivity contribution is 5.85. The number of nitrogens with zero attached hydrogens (tertiary/aromatic N) is 1. The average Bonchev–Trinajstić information content (AvgIpc) is 2.32. The van der Waals surface area contributed by atoms with Crippen LogP contribution in [0.15, 0.2) is 24.5 Å². The second kappa shape index (κ2) is 9.51. The molecule has 1 aliphatic heterocycles. The van der Waals surface area contributed by atoms with Gasteiger partial charge in [-0.05, 0) is 50.4 Å². The molecule has 2 heterocycles. The summed E-state index contributed by atoms with van der Waals surface area (Å²) >= 11 is 0. The normalized spacial score (nSPS) is 15.5. The second-order valence-electron chi connectivity index (χ2n) is 4.14. The first-order valence-electron chi connectivity index (χ1n) is 5.80. The van der Waals surface area contributed by atoms with Gasteiger partial charge in [-0.1, -0.05) is 0 Å². The Morgan fingerprint density at radius 3 is 2.47 bits per heavy atom. The van der Waals surface area contributed by atoms with Crippen LogP contribution >= 0.6 is 24.8 Å². The minimum atomic E-state index is 0. The third kappa shape index (κ3) is 6.10. The Labute approximate surface area is 116 Å². The summed E-state index contributed by atoms with van der Waals surface area (Å²) in [6.07, 6.45) is 7.60. The molecule has 5 heteroatoms. The molecule has 1 fully saturated rings. The van der Waals surface area contributed by atoms with Crippen LogP contribution in [0.5, 0.6) is 0 Å². The van der Waals surface area contributed by atoms with Crippen molar-refractivity contribution in [2.45, 2.75) is 19.3 Å². The van der Waals surface area contributed by atoms with E-state index < -0.39 is 0 Å². The Hall–Kier alpha value is -0.510. The van der Waals surface area contributed by atoms with Crippen molar-refractivity contribution in [1.29, 1.82) is 0 Å². The minimum Gasteiger partial charge on any atom is -0.385 e. The lowest BCUT2D eigenvalue weighted by molar-refractivity contribution is 0.361. The lowest BCUT2D eigenvalue weighted by Gasteiger charge is -2.22. The molecule has 0 spiro atoms. The van der Waals surface area contributed by atoms with Crippen LogP contribution in [0.25, 0.3) is 0 Å². The van der Waals surface area contributed by atoms with Gasteiger partial charge in [-0.3, -0.25) is 4.98 Å². The largest absolute Gasteiger partial charge is 0.385 e. The fourth-order valence-corrected chi connectivity index (χ4v) is 2.06. The van der Waals surface area contributed by atoms with Gasteiger partial charge < -0.3 is 10.6 Å². The van der Waals surface area contributed by atoms with Crippen molar-refractivity contribution in [1.82, 2.24) is 10.3 Å². The highest BCUT2D eigenvalue weighted by Crippen LogP contribution is 2.15. The molecule has 1 aliphatic rings. The maximum absolute atomic E-state index is 4.00. The van der Waals surface area contributed by atoms with Gasteiger partial charge in [0.25, 0.3) is 0 Å². The molecule has 2 N–H and O–H groups in total. The lowest BCUT2D eigenvalue weighted by Crippen LogP contribution is -2.28. The van der Waals surface area contributed by atoms with E-state index in [1.165, 1.54) is 38.0 Å². The smallest absolute Gasteiger partial charge is 0.0371 e. The van der Waals surface area contributed by atoms with Crippen molar-refractivity contribution in [3.63, 3.8) is 0 Å². The Morgan fingerprint density at radius 1 is 1.18 bits per heavy atom. The van der Waals surface area contributed by atoms with E-state index in [-0.39, 0.29) is 24.8 Å². The molecule has 0 saturated carbocycles. The van der Waals surface area contributed by atoms with E-state index in [1.807, 2.05) is 24.5 Å². The number of aromatic nitrogens is 1. The van der Waals surface area contributed by atoms with Crippen molar-refractivity contribution in [2.75, 3.05) is 25.0 Å². The summed E-state index contributed by atoms with van der Waals surface area (Å²) in [5.74, 6) is 0.903. The summed E-state index contributed by atoms with van der Waals surface area (Å²) in [4.78, 5) is 4.00. The Bertz CT molecular complexity index is 276. The number of anilines is 1. The van der Waals surface area contributed by atoms with Gasteiger partial charge >= 0.3 is 0 Å². The molecular formula is C12H21Cl2N3. The number of halogens is 2. The van der Waals surface area contributed by atoms with E-state index in [2.05, 4.69) is 15.6 Å². The maximum Gasteiger partial charge on any atom is 0.0371 e. The van der Waals surface area contributed by atoms with Crippen LogP contribution in [-0.4, -0.2) is 24.6 Å². The van der Waals surface area contributed by atoms with Crippen LogP contribution in [0.4, 0.5) is 5.69 Å². The van der Waals surface area contributed by atoms with Crippen molar-refractivity contribution < 1.29 is 0 Å². The zero-order valence-electron chi connectivity index (χ0n) is 9.89. The van der Waals surface area contributed by atoms with Gasteiger partial charge in [0.05, 0.1) is 0 Å². The van der Waals surface area contributed by atoms with E-state index in [0.29, 0.717) is 0 Å². The zero-order valence-corrected chi connectivity index (χ0v) is 11.5. The van der Waals surface area contributed by atoms with Gasteiger partial charge in [0.1, 0.15) is 0 Å². The predicted octanol–water partition coefficient (Wildman–Crippen LogP) is 2.73. The topological polar surface area (TPSA) is 37.0 Å². The van der Waals surface area contributed by atoms with E-state index in [4.69, 9.17) is 0 Å². The first-order valence-corrected chi connectivity index (χ1v) is 5.80. The number of rotatable bonds is 4. The number of pyridine rings is 1. The molecule has 1 saturated heterocycles. The summed E-state index contributed by atoms with van der Waals surface area (Å²) in [6, 6.07) is 4.03. The summed E-state index contributed by atoms with van der Waals surface area (Å²) in [5.41, 5.74) is 1.18. The average molecular weight is 278 g/mol. The number of hydrogen-bond acceptors (Lipinski definition) is 3. The molecule has 1 aromatic heterocycles. The molecule has 1 aromatic rings. The molecule has 98 valence electrons. The molecule has 0 unspecified atom stereocenters. The lowest BCUT2D eigenvalue weighted by atomic mass is 9.95. The fraction of sp³-hybridized carbons (Fsp3) is 0.583. The predicted molar refractivity (Wildman–Crippen MR) is 77.4 cm³/mol. The Morgan fingerprint density at radius 2 is 1.82 bits per heavy atom. The summed E-state index contributed by atoms with van der Waals surface area (Å²) in [5, 5.41) is 6.83. The van der Waals surface area contributed by atoms with Gasteiger partial charge in [0.2, 0.25) is 0 Å². The van der Waals surface area contributed by atoms with Gasteiger partial charge in [-0.2, -0.15) is 0 Å². The molecule has 0 aromatic carbocycles. The van der Waals surface area contributed by atoms with Gasteiger partial charge in [0.15, 0.2) is 0 Å². The molecule has 17 heavy (non-hydrogen) atoms. The number of hydrogen-bond donors (Lipinski definition) is 2.